The third-order valence-electron chi connectivity index (χ3n) is 2.74. The van der Waals surface area contributed by atoms with Crippen LogP contribution in [0.25, 0.3) is 0 Å². The molecule has 1 aliphatic rings. The van der Waals surface area contributed by atoms with Crippen LogP contribution in [0, 0.1) is 16.0 Å². The number of hydrogen-bond acceptors (Lipinski definition) is 8. The van der Waals surface area contributed by atoms with Crippen LogP contribution in [-0.2, 0) is 0 Å². The molecule has 2 rings (SSSR count). The van der Waals surface area contributed by atoms with E-state index in [1.807, 2.05) is 0 Å². The third-order valence-corrected chi connectivity index (χ3v) is 2.74. The SMILES string of the molecule is NNc1ncc([N+](=O)[O-])c(NCC(O)C2CC2)n1. The minimum Gasteiger partial charge on any atom is -0.391 e. The first kappa shape index (κ1) is 12.5. The number of aromatic nitrogens is 2. The molecule has 1 unspecified atom stereocenters. The third kappa shape index (κ3) is 2.81. The molecule has 9 nitrogen and oxygen atoms in total. The van der Waals surface area contributed by atoms with E-state index in [0.29, 0.717) is 0 Å². The fourth-order valence-electron chi connectivity index (χ4n) is 1.56. The Morgan fingerprint density at radius 2 is 2.39 bits per heavy atom. The smallest absolute Gasteiger partial charge is 0.329 e. The molecule has 9 heteroatoms. The quantitative estimate of drug-likeness (QED) is 0.312. The lowest BCUT2D eigenvalue weighted by molar-refractivity contribution is -0.384. The topological polar surface area (TPSA) is 139 Å². The zero-order valence-electron chi connectivity index (χ0n) is 9.54. The van der Waals surface area contributed by atoms with Crippen molar-refractivity contribution in [3.8, 4) is 0 Å². The van der Waals surface area contributed by atoms with Crippen LogP contribution in [0.2, 0.25) is 0 Å². The summed E-state index contributed by atoms with van der Waals surface area (Å²) in [5.74, 6) is 5.54. The molecule has 0 bridgehead atoms. The van der Waals surface area contributed by atoms with Crippen molar-refractivity contribution in [3.63, 3.8) is 0 Å². The summed E-state index contributed by atoms with van der Waals surface area (Å²) < 4.78 is 0. The number of hydrazine groups is 1. The standard InChI is InChI=1S/C9H14N6O3/c10-14-9-12-3-6(15(17)18)8(13-9)11-4-7(16)5-1-2-5/h3,5,7,16H,1-2,4,10H2,(H2,11,12,13,14). The summed E-state index contributed by atoms with van der Waals surface area (Å²) in [6, 6.07) is 0. The Morgan fingerprint density at radius 3 is 2.94 bits per heavy atom. The van der Waals surface area contributed by atoms with Crippen LogP contribution in [0.3, 0.4) is 0 Å². The summed E-state index contributed by atoms with van der Waals surface area (Å²) in [6.07, 6.45) is 2.52. The van der Waals surface area contributed by atoms with E-state index in [4.69, 9.17) is 5.84 Å². The van der Waals surface area contributed by atoms with Gasteiger partial charge in [0.05, 0.1) is 11.0 Å². The summed E-state index contributed by atoms with van der Waals surface area (Å²) >= 11 is 0. The van der Waals surface area contributed by atoms with Gasteiger partial charge in [0.25, 0.3) is 0 Å². The van der Waals surface area contributed by atoms with Gasteiger partial charge in [-0.2, -0.15) is 4.98 Å². The molecule has 1 aromatic heterocycles. The molecule has 1 aromatic rings. The zero-order valence-corrected chi connectivity index (χ0v) is 9.54. The van der Waals surface area contributed by atoms with Crippen molar-refractivity contribution in [3.05, 3.63) is 16.3 Å². The second-order valence-corrected chi connectivity index (χ2v) is 4.11. The van der Waals surface area contributed by atoms with Gasteiger partial charge in [-0.3, -0.25) is 15.5 Å². The lowest BCUT2D eigenvalue weighted by Crippen LogP contribution is -2.22. The largest absolute Gasteiger partial charge is 0.391 e. The molecule has 0 aliphatic heterocycles. The number of nitrogens with zero attached hydrogens (tertiary/aromatic N) is 3. The number of hydrogen-bond donors (Lipinski definition) is 4. The molecule has 1 aliphatic carbocycles. The van der Waals surface area contributed by atoms with Gasteiger partial charge in [-0.15, -0.1) is 0 Å². The molecule has 98 valence electrons. The van der Waals surface area contributed by atoms with E-state index in [1.165, 1.54) is 0 Å². The highest BCUT2D eigenvalue weighted by Crippen LogP contribution is 2.33. The highest BCUT2D eigenvalue weighted by atomic mass is 16.6. The molecule has 1 fully saturated rings. The normalized spacial score (nSPS) is 16.1. The maximum Gasteiger partial charge on any atom is 0.329 e. The number of anilines is 2. The van der Waals surface area contributed by atoms with Crippen molar-refractivity contribution in [1.82, 2.24) is 9.97 Å². The summed E-state index contributed by atoms with van der Waals surface area (Å²) in [5, 5.41) is 23.2. The molecule has 1 saturated carbocycles. The fourth-order valence-corrected chi connectivity index (χ4v) is 1.56. The van der Waals surface area contributed by atoms with E-state index in [9.17, 15) is 15.2 Å². The average Bonchev–Trinajstić information content (AvgIpc) is 3.19. The molecule has 0 saturated heterocycles. The number of aliphatic hydroxyl groups excluding tert-OH is 1. The Balaban J connectivity index is 2.09. The van der Waals surface area contributed by atoms with Gasteiger partial charge in [-0.25, -0.2) is 10.8 Å². The minimum atomic E-state index is -0.591. The van der Waals surface area contributed by atoms with Crippen LogP contribution in [-0.4, -0.2) is 32.6 Å². The van der Waals surface area contributed by atoms with Gasteiger partial charge in [-0.1, -0.05) is 0 Å². The second-order valence-electron chi connectivity index (χ2n) is 4.11. The predicted molar refractivity (Wildman–Crippen MR) is 63.7 cm³/mol. The number of nitrogen functional groups attached to an aromatic ring is 1. The Morgan fingerprint density at radius 1 is 1.67 bits per heavy atom. The highest BCUT2D eigenvalue weighted by Gasteiger charge is 2.30. The van der Waals surface area contributed by atoms with E-state index in [1.54, 1.807) is 0 Å². The molecule has 1 heterocycles. The van der Waals surface area contributed by atoms with Crippen LogP contribution >= 0.6 is 0 Å². The number of nitrogens with one attached hydrogen (secondary N) is 2. The maximum atomic E-state index is 10.8. The van der Waals surface area contributed by atoms with Crippen molar-refractivity contribution in [2.75, 3.05) is 17.3 Å². The highest BCUT2D eigenvalue weighted by molar-refractivity contribution is 5.56. The van der Waals surface area contributed by atoms with Gasteiger partial charge in [0.15, 0.2) is 0 Å². The Bertz CT molecular complexity index is 450. The number of nitro groups is 1. The van der Waals surface area contributed by atoms with E-state index in [-0.39, 0.29) is 29.9 Å². The van der Waals surface area contributed by atoms with E-state index >= 15 is 0 Å². The molecule has 1 atom stereocenters. The second kappa shape index (κ2) is 5.10. The molecule has 0 amide bonds. The van der Waals surface area contributed by atoms with Crippen molar-refractivity contribution >= 4 is 17.5 Å². The lowest BCUT2D eigenvalue weighted by Gasteiger charge is -2.11. The van der Waals surface area contributed by atoms with Gasteiger partial charge in [0, 0.05) is 6.54 Å². The molecule has 5 N–H and O–H groups in total. The number of rotatable bonds is 6. The Hall–Kier alpha value is -2.00. The van der Waals surface area contributed by atoms with Gasteiger partial charge >= 0.3 is 5.69 Å². The molecule has 0 aromatic carbocycles. The van der Waals surface area contributed by atoms with Crippen LogP contribution < -0.4 is 16.6 Å². The minimum absolute atomic E-state index is 0.0441. The average molecular weight is 254 g/mol. The van der Waals surface area contributed by atoms with Gasteiger partial charge in [-0.05, 0) is 18.8 Å². The van der Waals surface area contributed by atoms with Crippen molar-refractivity contribution < 1.29 is 10.0 Å². The first-order valence-electron chi connectivity index (χ1n) is 5.51. The number of aliphatic hydroxyl groups is 1. The summed E-state index contributed by atoms with van der Waals surface area (Å²) in [7, 11) is 0. The van der Waals surface area contributed by atoms with Crippen molar-refractivity contribution in [1.29, 1.82) is 0 Å². The summed E-state index contributed by atoms with van der Waals surface area (Å²) in [6.45, 7) is 0.215. The molecule has 0 spiro atoms. The fraction of sp³-hybridized carbons (Fsp3) is 0.556. The van der Waals surface area contributed by atoms with Gasteiger partial charge < -0.3 is 10.4 Å². The predicted octanol–water partition coefficient (Wildman–Crippen LogP) is -0.147. The molecule has 18 heavy (non-hydrogen) atoms. The Labute approximate surface area is 103 Å². The monoisotopic (exact) mass is 254 g/mol. The maximum absolute atomic E-state index is 10.8. The van der Waals surface area contributed by atoms with E-state index in [0.717, 1.165) is 19.0 Å². The van der Waals surface area contributed by atoms with Crippen molar-refractivity contribution in [2.24, 2.45) is 11.8 Å². The van der Waals surface area contributed by atoms with E-state index < -0.39 is 11.0 Å². The van der Waals surface area contributed by atoms with Crippen molar-refractivity contribution in [2.45, 2.75) is 18.9 Å². The first-order chi connectivity index (χ1) is 8.61. The summed E-state index contributed by atoms with van der Waals surface area (Å²) in [5.41, 5.74) is 1.96. The molecular formula is C9H14N6O3. The van der Waals surface area contributed by atoms with Crippen LogP contribution in [0.4, 0.5) is 17.5 Å². The van der Waals surface area contributed by atoms with Crippen LogP contribution in [0.1, 0.15) is 12.8 Å². The van der Waals surface area contributed by atoms with Gasteiger partial charge in [0.2, 0.25) is 11.8 Å². The molecular weight excluding hydrogens is 240 g/mol. The number of nitrogens with two attached hydrogens (primary N) is 1. The first-order valence-corrected chi connectivity index (χ1v) is 5.51. The van der Waals surface area contributed by atoms with Gasteiger partial charge in [0.1, 0.15) is 6.20 Å². The molecule has 0 radical (unpaired) electrons. The lowest BCUT2D eigenvalue weighted by atomic mass is 10.2. The van der Waals surface area contributed by atoms with E-state index in [2.05, 4.69) is 20.7 Å². The van der Waals surface area contributed by atoms with Crippen LogP contribution in [0.5, 0.6) is 0 Å². The van der Waals surface area contributed by atoms with Crippen LogP contribution in [0.15, 0.2) is 6.20 Å². The summed E-state index contributed by atoms with van der Waals surface area (Å²) in [4.78, 5) is 17.7. The Kier molecular flexibility index (Phi) is 3.53. The zero-order chi connectivity index (χ0) is 13.1.